The van der Waals surface area contributed by atoms with Gasteiger partial charge in [0.1, 0.15) is 0 Å². The van der Waals surface area contributed by atoms with Gasteiger partial charge in [-0.2, -0.15) is 0 Å². The molecule has 0 bridgehead atoms. The molecule has 32 heavy (non-hydrogen) atoms. The van der Waals surface area contributed by atoms with Crippen LogP contribution in [0.1, 0.15) is 52.9 Å². The maximum atomic E-state index is 13.1. The zero-order valence-electron chi connectivity index (χ0n) is 18.9. The van der Waals surface area contributed by atoms with E-state index in [-0.39, 0.29) is 36.4 Å². The van der Waals surface area contributed by atoms with Gasteiger partial charge in [-0.05, 0) is 55.2 Å². The Kier molecular flexibility index (Phi) is 5.47. The van der Waals surface area contributed by atoms with E-state index >= 15 is 0 Å². The first-order chi connectivity index (χ1) is 15.0. The number of carbonyl (C=O) groups excluding carboxylic acids is 3. The maximum absolute atomic E-state index is 13.1. The van der Waals surface area contributed by atoms with Crippen LogP contribution in [0, 0.1) is 28.6 Å². The van der Waals surface area contributed by atoms with E-state index in [4.69, 9.17) is 9.47 Å². The average molecular weight is 447 g/mol. The van der Waals surface area contributed by atoms with E-state index in [1.807, 2.05) is 13.0 Å². The second-order valence-electron chi connectivity index (χ2n) is 10.1. The van der Waals surface area contributed by atoms with Crippen molar-refractivity contribution in [2.45, 2.75) is 64.6 Å². The fraction of sp³-hybridized carbons (Fsp3) is 0.640. The van der Waals surface area contributed by atoms with Gasteiger partial charge in [-0.25, -0.2) is 9.18 Å². The Bertz CT molecular complexity index is 937. The molecule has 0 amide bonds. The van der Waals surface area contributed by atoms with Crippen LogP contribution in [0.15, 0.2) is 36.0 Å². The molecule has 7 atom stereocenters. The summed E-state index contributed by atoms with van der Waals surface area (Å²) in [5.41, 5.74) is -1.89. The fourth-order valence-corrected chi connectivity index (χ4v) is 7.27. The van der Waals surface area contributed by atoms with Crippen LogP contribution in [-0.4, -0.2) is 41.4 Å². The summed E-state index contributed by atoms with van der Waals surface area (Å²) >= 11 is 0. The third-order valence-corrected chi connectivity index (χ3v) is 8.68. The zero-order valence-corrected chi connectivity index (χ0v) is 18.9. The van der Waals surface area contributed by atoms with Gasteiger partial charge in [0.25, 0.3) is 0 Å². The summed E-state index contributed by atoms with van der Waals surface area (Å²) in [7, 11) is 0. The van der Waals surface area contributed by atoms with Crippen LogP contribution in [0.5, 0.6) is 0 Å². The van der Waals surface area contributed by atoms with Crippen LogP contribution in [0.2, 0.25) is 0 Å². The Morgan fingerprint density at radius 3 is 2.72 bits per heavy atom. The molecule has 0 aliphatic heterocycles. The van der Waals surface area contributed by atoms with Crippen LogP contribution in [0.25, 0.3) is 0 Å². The topological polar surface area (TPSA) is 89.9 Å². The van der Waals surface area contributed by atoms with Crippen LogP contribution in [0.3, 0.4) is 0 Å². The first-order valence-corrected chi connectivity index (χ1v) is 11.3. The summed E-state index contributed by atoms with van der Waals surface area (Å²) in [6.07, 6.45) is 6.38. The number of esters is 2. The molecule has 4 aliphatic carbocycles. The Morgan fingerprint density at radius 2 is 2.06 bits per heavy atom. The molecule has 174 valence electrons. The van der Waals surface area contributed by atoms with Crippen molar-refractivity contribution >= 4 is 17.7 Å². The molecule has 0 aromatic rings. The smallest absolute Gasteiger partial charge is 0.357 e. The number of rotatable bonds is 4. The molecule has 0 aromatic heterocycles. The Morgan fingerprint density at radius 1 is 1.34 bits per heavy atom. The number of aliphatic hydroxyl groups is 1. The SMILES string of the molecule is C=C1C[C@H]2[C@@H]3CCC4=CC(=O)C=C[C@]4(C)[C@H]3[C@@H](O)C[C@]2(C)[C@]1(OC(=O)CC)C(=O)OCF. The van der Waals surface area contributed by atoms with Gasteiger partial charge in [0.05, 0.1) is 6.10 Å². The van der Waals surface area contributed by atoms with E-state index in [1.165, 1.54) is 0 Å². The molecule has 0 heterocycles. The minimum Gasteiger partial charge on any atom is -0.442 e. The monoisotopic (exact) mass is 446 g/mol. The molecule has 1 N–H and O–H groups in total. The largest absolute Gasteiger partial charge is 0.442 e. The normalized spacial score (nSPS) is 42.5. The summed E-state index contributed by atoms with van der Waals surface area (Å²) < 4.78 is 23.6. The number of alkyl halides is 1. The van der Waals surface area contributed by atoms with Crippen molar-refractivity contribution in [2.24, 2.45) is 28.6 Å². The molecule has 0 radical (unpaired) electrons. The van der Waals surface area contributed by atoms with Gasteiger partial charge in [-0.1, -0.05) is 39.0 Å². The van der Waals surface area contributed by atoms with Crippen LogP contribution in [0.4, 0.5) is 4.39 Å². The Balaban J connectivity index is 1.80. The van der Waals surface area contributed by atoms with Crippen LogP contribution >= 0.6 is 0 Å². The van der Waals surface area contributed by atoms with E-state index in [1.54, 1.807) is 19.1 Å². The molecular formula is C25H31FO6. The lowest BCUT2D eigenvalue weighted by Crippen LogP contribution is -2.63. The summed E-state index contributed by atoms with van der Waals surface area (Å²) in [4.78, 5) is 37.5. The molecule has 6 nitrogen and oxygen atoms in total. The number of fused-ring (bicyclic) bond motifs is 5. The average Bonchev–Trinajstić information content (AvgIpc) is 2.95. The van der Waals surface area contributed by atoms with Crippen molar-refractivity contribution in [3.8, 4) is 0 Å². The van der Waals surface area contributed by atoms with Gasteiger partial charge in [-0.3, -0.25) is 9.59 Å². The molecule has 0 spiro atoms. The summed E-state index contributed by atoms with van der Waals surface area (Å²) in [5.74, 6) is -1.89. The number of hydrogen-bond donors (Lipinski definition) is 1. The molecule has 0 unspecified atom stereocenters. The first-order valence-electron chi connectivity index (χ1n) is 11.3. The summed E-state index contributed by atoms with van der Waals surface area (Å²) in [5, 5.41) is 11.5. The summed E-state index contributed by atoms with van der Waals surface area (Å²) in [6.45, 7) is 8.25. The predicted octanol–water partition coefficient (Wildman–Crippen LogP) is 3.59. The number of aliphatic hydroxyl groups excluding tert-OH is 1. The number of halogens is 1. The highest BCUT2D eigenvalue weighted by atomic mass is 19.1. The number of ether oxygens (including phenoxy) is 2. The number of hydrogen-bond acceptors (Lipinski definition) is 6. The molecule has 0 saturated heterocycles. The minimum atomic E-state index is -1.84. The lowest BCUT2D eigenvalue weighted by atomic mass is 9.46. The van der Waals surface area contributed by atoms with E-state index in [2.05, 4.69) is 13.5 Å². The zero-order chi connectivity index (χ0) is 23.5. The van der Waals surface area contributed by atoms with E-state index in [0.29, 0.717) is 18.4 Å². The summed E-state index contributed by atoms with van der Waals surface area (Å²) in [6, 6.07) is 0. The third-order valence-electron chi connectivity index (χ3n) is 8.68. The molecule has 3 fully saturated rings. The fourth-order valence-electron chi connectivity index (χ4n) is 7.27. The Hall–Kier alpha value is -2.28. The van der Waals surface area contributed by atoms with Crippen molar-refractivity contribution in [3.63, 3.8) is 0 Å². The highest BCUT2D eigenvalue weighted by Crippen LogP contribution is 2.69. The van der Waals surface area contributed by atoms with Gasteiger partial charge in [0.15, 0.2) is 5.78 Å². The molecule has 7 heteroatoms. The van der Waals surface area contributed by atoms with Gasteiger partial charge < -0.3 is 14.6 Å². The quantitative estimate of drug-likeness (QED) is 0.524. The molecular weight excluding hydrogens is 415 g/mol. The minimum absolute atomic E-state index is 0.000817. The molecule has 3 saturated carbocycles. The van der Waals surface area contributed by atoms with Crippen LogP contribution < -0.4 is 0 Å². The van der Waals surface area contributed by atoms with Crippen molar-refractivity contribution in [1.82, 2.24) is 0 Å². The predicted molar refractivity (Wildman–Crippen MR) is 114 cm³/mol. The van der Waals surface area contributed by atoms with Crippen molar-refractivity contribution in [2.75, 3.05) is 6.86 Å². The van der Waals surface area contributed by atoms with Crippen LogP contribution in [-0.2, 0) is 23.9 Å². The third kappa shape index (κ3) is 2.89. The van der Waals surface area contributed by atoms with Gasteiger partial charge in [-0.15, -0.1) is 0 Å². The Labute approximate surface area is 187 Å². The second kappa shape index (κ2) is 7.65. The number of carbonyl (C=O) groups is 3. The molecule has 0 aromatic carbocycles. The van der Waals surface area contributed by atoms with Gasteiger partial charge >= 0.3 is 11.9 Å². The first kappa shape index (κ1) is 22.9. The van der Waals surface area contributed by atoms with E-state index in [9.17, 15) is 23.9 Å². The maximum Gasteiger partial charge on any atom is 0.357 e. The lowest BCUT2D eigenvalue weighted by Gasteiger charge is -2.59. The van der Waals surface area contributed by atoms with Gasteiger partial charge in [0, 0.05) is 23.2 Å². The lowest BCUT2D eigenvalue weighted by molar-refractivity contribution is -0.209. The molecule has 4 aliphatic rings. The van der Waals surface area contributed by atoms with Crippen molar-refractivity contribution in [3.05, 3.63) is 36.0 Å². The van der Waals surface area contributed by atoms with E-state index < -0.39 is 41.3 Å². The molecule has 4 rings (SSSR count). The highest BCUT2D eigenvalue weighted by Gasteiger charge is 2.73. The standard InChI is InChI=1S/C25H31FO6/c1-5-20(29)32-25(22(30)31-13-26)14(2)10-18-17-7-6-15-11-16(27)8-9-23(15,3)21(17)19(28)12-24(18,25)4/h8-9,11,17-19,21,28H,2,5-7,10,12-13H2,1,3-4H3/t17-,18-,19-,21+,23-,24-,25+/m0/s1. The van der Waals surface area contributed by atoms with E-state index in [0.717, 1.165) is 12.0 Å². The highest BCUT2D eigenvalue weighted by molar-refractivity contribution is 6.01. The van der Waals surface area contributed by atoms with Gasteiger partial charge in [0.2, 0.25) is 12.5 Å². The van der Waals surface area contributed by atoms with Crippen molar-refractivity contribution < 1.29 is 33.4 Å². The number of allylic oxidation sites excluding steroid dienone is 4. The number of ketones is 1. The second-order valence-corrected chi connectivity index (χ2v) is 10.1. The van der Waals surface area contributed by atoms with Crippen molar-refractivity contribution in [1.29, 1.82) is 0 Å².